The molecule has 0 radical (unpaired) electrons. The highest BCUT2D eigenvalue weighted by molar-refractivity contribution is 5.98. The second-order valence-electron chi connectivity index (χ2n) is 5.16. The van der Waals surface area contributed by atoms with Crippen LogP contribution in [0.1, 0.15) is 22.8 Å². The fourth-order valence-electron chi connectivity index (χ4n) is 2.07. The smallest absolute Gasteiger partial charge is 0.348 e. The zero-order valence-electron chi connectivity index (χ0n) is 14.2. The normalized spacial score (nSPS) is 10.6. The molecule has 0 aliphatic carbocycles. The molecule has 8 heteroatoms. The van der Waals surface area contributed by atoms with Gasteiger partial charge in [0.15, 0.2) is 0 Å². The van der Waals surface area contributed by atoms with Crippen LogP contribution < -0.4 is 4.74 Å². The minimum absolute atomic E-state index is 0.137. The molecule has 0 fully saturated rings. The van der Waals surface area contributed by atoms with Crippen molar-refractivity contribution in [3.63, 3.8) is 0 Å². The minimum atomic E-state index is -0.742. The third-order valence-corrected chi connectivity index (χ3v) is 3.31. The molecule has 8 nitrogen and oxygen atoms in total. The number of nitriles is 1. The van der Waals surface area contributed by atoms with Gasteiger partial charge in [0.1, 0.15) is 17.4 Å². The van der Waals surface area contributed by atoms with Crippen LogP contribution in [-0.2, 0) is 9.53 Å². The molecule has 0 heterocycles. The maximum absolute atomic E-state index is 12.1. The van der Waals surface area contributed by atoms with E-state index in [0.29, 0.717) is 5.56 Å². The number of nitrogens with zero attached hydrogens (tertiary/aromatic N) is 2. The molecule has 0 atom stereocenters. The molecule has 0 aliphatic rings. The standard InChI is InChI=1S/C19H14N2O6/c1-2-26-18(22)15(12-20)10-13-4-3-5-17(11-13)27-19(23)14-6-8-16(9-7-14)21(24)25/h3-11H,2H2,1H3/b15-10+. The highest BCUT2D eigenvalue weighted by atomic mass is 16.6. The summed E-state index contributed by atoms with van der Waals surface area (Å²) in [6.07, 6.45) is 1.32. The van der Waals surface area contributed by atoms with Crippen molar-refractivity contribution >= 4 is 23.7 Å². The van der Waals surface area contributed by atoms with E-state index in [4.69, 9.17) is 14.7 Å². The van der Waals surface area contributed by atoms with Gasteiger partial charge in [-0.3, -0.25) is 10.1 Å². The van der Waals surface area contributed by atoms with Crippen molar-refractivity contribution in [2.24, 2.45) is 0 Å². The summed E-state index contributed by atoms with van der Waals surface area (Å²) in [6.45, 7) is 1.77. The second-order valence-corrected chi connectivity index (χ2v) is 5.16. The van der Waals surface area contributed by atoms with Crippen LogP contribution in [-0.4, -0.2) is 23.5 Å². The minimum Gasteiger partial charge on any atom is -0.462 e. The molecular formula is C19H14N2O6. The first-order valence-corrected chi connectivity index (χ1v) is 7.80. The Kier molecular flexibility index (Phi) is 6.39. The van der Waals surface area contributed by atoms with Crippen molar-refractivity contribution in [2.75, 3.05) is 6.61 Å². The van der Waals surface area contributed by atoms with Crippen molar-refractivity contribution in [2.45, 2.75) is 6.92 Å². The quantitative estimate of drug-likeness (QED) is 0.192. The van der Waals surface area contributed by atoms with Gasteiger partial charge in [0.2, 0.25) is 0 Å². The summed E-state index contributed by atoms with van der Waals surface area (Å²) < 4.78 is 10.0. The molecule has 2 rings (SSSR count). The number of carbonyl (C=O) groups excluding carboxylic acids is 2. The van der Waals surface area contributed by atoms with Crippen LogP contribution in [0.5, 0.6) is 5.75 Å². The van der Waals surface area contributed by atoms with E-state index in [1.807, 2.05) is 0 Å². The predicted molar refractivity (Wildman–Crippen MR) is 94.7 cm³/mol. The van der Waals surface area contributed by atoms with Crippen molar-refractivity contribution in [1.29, 1.82) is 5.26 Å². The van der Waals surface area contributed by atoms with Crippen LogP contribution in [0.15, 0.2) is 54.1 Å². The van der Waals surface area contributed by atoms with Crippen LogP contribution in [0.3, 0.4) is 0 Å². The highest BCUT2D eigenvalue weighted by Crippen LogP contribution is 2.19. The van der Waals surface area contributed by atoms with Crippen molar-refractivity contribution in [3.05, 3.63) is 75.3 Å². The molecule has 0 N–H and O–H groups in total. The van der Waals surface area contributed by atoms with Gasteiger partial charge < -0.3 is 9.47 Å². The SMILES string of the molecule is CCOC(=O)/C(C#N)=C/c1cccc(OC(=O)c2ccc([N+](=O)[O-])cc2)c1. The Balaban J connectivity index is 2.17. The molecule has 0 unspecified atom stereocenters. The molecule has 0 saturated heterocycles. The Bertz CT molecular complexity index is 941. The van der Waals surface area contributed by atoms with Gasteiger partial charge in [-0.15, -0.1) is 0 Å². The molecule has 2 aromatic rings. The van der Waals surface area contributed by atoms with E-state index < -0.39 is 16.9 Å². The summed E-state index contributed by atoms with van der Waals surface area (Å²) in [4.78, 5) is 33.9. The fraction of sp³-hybridized carbons (Fsp3) is 0.105. The third-order valence-electron chi connectivity index (χ3n) is 3.31. The monoisotopic (exact) mass is 366 g/mol. The lowest BCUT2D eigenvalue weighted by Gasteiger charge is -2.05. The van der Waals surface area contributed by atoms with Gasteiger partial charge >= 0.3 is 11.9 Å². The molecule has 136 valence electrons. The molecule has 27 heavy (non-hydrogen) atoms. The number of hydrogen-bond donors (Lipinski definition) is 0. The molecule has 0 bridgehead atoms. The number of non-ortho nitro benzene ring substituents is 1. The third kappa shape index (κ3) is 5.24. The number of ether oxygens (including phenoxy) is 2. The summed E-state index contributed by atoms with van der Waals surface area (Å²) in [7, 11) is 0. The van der Waals surface area contributed by atoms with Crippen LogP contribution >= 0.6 is 0 Å². The van der Waals surface area contributed by atoms with Gasteiger partial charge in [-0.05, 0) is 42.8 Å². The number of nitro groups is 1. The number of nitro benzene ring substituents is 1. The number of benzene rings is 2. The van der Waals surface area contributed by atoms with Gasteiger partial charge in [-0.25, -0.2) is 9.59 Å². The summed E-state index contributed by atoms with van der Waals surface area (Å²) in [6, 6.07) is 13.0. The van der Waals surface area contributed by atoms with Gasteiger partial charge in [0.05, 0.1) is 17.1 Å². The first kappa shape index (κ1) is 19.3. The second kappa shape index (κ2) is 8.92. The maximum Gasteiger partial charge on any atom is 0.348 e. The predicted octanol–water partition coefficient (Wildman–Crippen LogP) is 3.28. The summed E-state index contributed by atoms with van der Waals surface area (Å²) >= 11 is 0. The molecule has 0 spiro atoms. The Morgan fingerprint density at radius 3 is 2.52 bits per heavy atom. The van der Waals surface area contributed by atoms with Crippen molar-refractivity contribution in [3.8, 4) is 11.8 Å². The van der Waals surface area contributed by atoms with E-state index >= 15 is 0 Å². The molecule has 2 aromatic carbocycles. The largest absolute Gasteiger partial charge is 0.462 e. The highest BCUT2D eigenvalue weighted by Gasteiger charge is 2.13. The van der Waals surface area contributed by atoms with Crippen molar-refractivity contribution < 1.29 is 24.0 Å². The number of hydrogen-bond acceptors (Lipinski definition) is 7. The summed E-state index contributed by atoms with van der Waals surface area (Å²) in [5.41, 5.74) is 0.289. The number of rotatable bonds is 6. The van der Waals surface area contributed by atoms with Gasteiger partial charge in [-0.2, -0.15) is 5.26 Å². The van der Waals surface area contributed by atoms with Gasteiger partial charge in [0.25, 0.3) is 5.69 Å². The van der Waals surface area contributed by atoms with Crippen LogP contribution in [0.2, 0.25) is 0 Å². The van der Waals surface area contributed by atoms with Crippen molar-refractivity contribution in [1.82, 2.24) is 0 Å². The molecule has 0 amide bonds. The van der Waals surface area contributed by atoms with E-state index in [1.165, 1.54) is 42.5 Å². The molecular weight excluding hydrogens is 352 g/mol. The zero-order chi connectivity index (χ0) is 19.8. The molecule has 0 saturated carbocycles. The van der Waals surface area contributed by atoms with Crippen LogP contribution in [0.25, 0.3) is 6.08 Å². The number of carbonyl (C=O) groups is 2. The zero-order valence-corrected chi connectivity index (χ0v) is 14.2. The Hall–Kier alpha value is -3.99. The van der Waals surface area contributed by atoms with E-state index in [-0.39, 0.29) is 29.2 Å². The topological polar surface area (TPSA) is 120 Å². The lowest BCUT2D eigenvalue weighted by Crippen LogP contribution is -2.08. The average molecular weight is 366 g/mol. The Morgan fingerprint density at radius 2 is 1.93 bits per heavy atom. The average Bonchev–Trinajstić information content (AvgIpc) is 2.66. The van der Waals surface area contributed by atoms with E-state index in [2.05, 4.69) is 0 Å². The Labute approximate surface area is 154 Å². The van der Waals surface area contributed by atoms with E-state index in [0.717, 1.165) is 0 Å². The molecule has 0 aliphatic heterocycles. The van der Waals surface area contributed by atoms with Gasteiger partial charge in [0, 0.05) is 12.1 Å². The van der Waals surface area contributed by atoms with E-state index in [1.54, 1.807) is 25.1 Å². The van der Waals surface area contributed by atoms with Gasteiger partial charge in [-0.1, -0.05) is 12.1 Å². The first-order chi connectivity index (χ1) is 12.9. The van der Waals surface area contributed by atoms with Crippen LogP contribution in [0, 0.1) is 21.4 Å². The lowest BCUT2D eigenvalue weighted by molar-refractivity contribution is -0.384. The number of esters is 2. The maximum atomic E-state index is 12.1. The Morgan fingerprint density at radius 1 is 1.22 bits per heavy atom. The fourth-order valence-corrected chi connectivity index (χ4v) is 2.07. The van der Waals surface area contributed by atoms with Crippen LogP contribution in [0.4, 0.5) is 5.69 Å². The van der Waals surface area contributed by atoms with E-state index in [9.17, 15) is 19.7 Å². The summed E-state index contributed by atoms with van der Waals surface area (Å²) in [5.74, 6) is -1.25. The molecule has 0 aromatic heterocycles. The lowest BCUT2D eigenvalue weighted by atomic mass is 10.1. The first-order valence-electron chi connectivity index (χ1n) is 7.80. The summed E-state index contributed by atoms with van der Waals surface area (Å²) in [5, 5.41) is 19.7.